The minimum atomic E-state index is 0.346. The summed E-state index contributed by atoms with van der Waals surface area (Å²) in [6.45, 7) is 6.00. The summed E-state index contributed by atoms with van der Waals surface area (Å²) in [6, 6.07) is 6.12. The highest BCUT2D eigenvalue weighted by molar-refractivity contribution is 7.11. The lowest BCUT2D eigenvalue weighted by molar-refractivity contribution is 0.199. The summed E-state index contributed by atoms with van der Waals surface area (Å²) in [5.41, 5.74) is 3.56. The first-order chi connectivity index (χ1) is 11.7. The van der Waals surface area contributed by atoms with Crippen LogP contribution in [-0.2, 0) is 6.54 Å². The van der Waals surface area contributed by atoms with Crippen LogP contribution in [0, 0.1) is 18.3 Å². The van der Waals surface area contributed by atoms with Crippen LogP contribution in [-0.4, -0.2) is 39.0 Å². The third-order valence-electron chi connectivity index (χ3n) is 5.26. The van der Waals surface area contributed by atoms with E-state index in [1.165, 1.54) is 6.42 Å². The standard InChI is InChI=1S/C18H20N4OS/c1-13-10-24-17(19-13)23-12-18-6-14(18)7-21(11-18)8-15-9-22-5-3-2-4-16(22)20-15/h2-5,9-10,14H,6-8,11-12H2,1H3. The monoisotopic (exact) mass is 340 g/mol. The van der Waals surface area contributed by atoms with E-state index in [9.17, 15) is 0 Å². The maximum Gasteiger partial charge on any atom is 0.273 e. The van der Waals surface area contributed by atoms with E-state index in [2.05, 4.69) is 32.7 Å². The predicted octanol–water partition coefficient (Wildman–Crippen LogP) is 3.00. The van der Waals surface area contributed by atoms with Crippen molar-refractivity contribution in [3.05, 3.63) is 47.4 Å². The van der Waals surface area contributed by atoms with E-state index >= 15 is 0 Å². The fourth-order valence-corrected chi connectivity index (χ4v) is 4.59. The Morgan fingerprint density at radius 1 is 1.38 bits per heavy atom. The molecule has 24 heavy (non-hydrogen) atoms. The molecule has 0 radical (unpaired) electrons. The highest BCUT2D eigenvalue weighted by Crippen LogP contribution is 2.58. The summed E-state index contributed by atoms with van der Waals surface area (Å²) in [4.78, 5) is 11.6. The van der Waals surface area contributed by atoms with Crippen LogP contribution in [0.4, 0.5) is 0 Å². The van der Waals surface area contributed by atoms with E-state index in [-0.39, 0.29) is 0 Å². The van der Waals surface area contributed by atoms with Gasteiger partial charge in [0.1, 0.15) is 5.65 Å². The van der Waals surface area contributed by atoms with Gasteiger partial charge in [-0.1, -0.05) is 17.4 Å². The Balaban J connectivity index is 1.22. The number of nitrogens with zero attached hydrogens (tertiary/aromatic N) is 4. The SMILES string of the molecule is Cc1csc(OCC23CC2CN(Cc2cn4ccccc4n2)C3)n1. The molecule has 2 atom stereocenters. The van der Waals surface area contributed by atoms with Crippen molar-refractivity contribution in [3.63, 3.8) is 0 Å². The molecule has 1 aliphatic carbocycles. The molecule has 2 aliphatic rings. The molecule has 3 aromatic heterocycles. The minimum absolute atomic E-state index is 0.346. The van der Waals surface area contributed by atoms with Crippen molar-refractivity contribution in [2.75, 3.05) is 19.7 Å². The summed E-state index contributed by atoms with van der Waals surface area (Å²) in [5.74, 6) is 0.774. The van der Waals surface area contributed by atoms with Crippen LogP contribution < -0.4 is 4.74 Å². The number of piperidine rings is 1. The van der Waals surface area contributed by atoms with Gasteiger partial charge in [-0.2, -0.15) is 0 Å². The number of aromatic nitrogens is 3. The molecule has 1 aliphatic heterocycles. The van der Waals surface area contributed by atoms with Crippen LogP contribution in [0.2, 0.25) is 0 Å². The third-order valence-corrected chi connectivity index (χ3v) is 6.13. The zero-order valence-corrected chi connectivity index (χ0v) is 14.5. The van der Waals surface area contributed by atoms with Gasteiger partial charge in [-0.3, -0.25) is 4.90 Å². The molecule has 0 spiro atoms. The average Bonchev–Trinajstić information content (AvgIpc) is 2.94. The first kappa shape index (κ1) is 14.4. The highest BCUT2D eigenvalue weighted by Gasteiger charge is 2.60. The van der Waals surface area contributed by atoms with Gasteiger partial charge in [0.25, 0.3) is 5.19 Å². The Labute approximate surface area is 144 Å². The quantitative estimate of drug-likeness (QED) is 0.716. The number of ether oxygens (including phenoxy) is 1. The second-order valence-corrected chi connectivity index (χ2v) is 8.00. The van der Waals surface area contributed by atoms with Gasteiger partial charge in [0, 0.05) is 42.8 Å². The summed E-state index contributed by atoms with van der Waals surface area (Å²) in [5, 5.41) is 2.85. The lowest BCUT2D eigenvalue weighted by atomic mass is 10.1. The molecule has 1 saturated heterocycles. The van der Waals surface area contributed by atoms with E-state index in [0.29, 0.717) is 5.41 Å². The zero-order valence-electron chi connectivity index (χ0n) is 13.7. The summed E-state index contributed by atoms with van der Waals surface area (Å²) < 4.78 is 8.06. The fourth-order valence-electron chi connectivity index (χ4n) is 3.94. The molecule has 0 amide bonds. The van der Waals surface area contributed by atoms with Crippen molar-refractivity contribution in [2.24, 2.45) is 11.3 Å². The molecular formula is C18H20N4OS. The van der Waals surface area contributed by atoms with Crippen molar-refractivity contribution in [3.8, 4) is 5.19 Å². The average molecular weight is 340 g/mol. The second kappa shape index (κ2) is 5.29. The first-order valence-electron chi connectivity index (χ1n) is 8.40. The minimum Gasteiger partial charge on any atom is -0.469 e. The second-order valence-electron chi connectivity index (χ2n) is 7.17. The molecule has 3 aromatic rings. The number of pyridine rings is 1. The Morgan fingerprint density at radius 2 is 2.33 bits per heavy atom. The largest absolute Gasteiger partial charge is 0.469 e. The van der Waals surface area contributed by atoms with Crippen molar-refractivity contribution in [2.45, 2.75) is 19.9 Å². The lowest BCUT2D eigenvalue weighted by Crippen LogP contribution is -2.27. The van der Waals surface area contributed by atoms with Gasteiger partial charge in [-0.05, 0) is 31.4 Å². The van der Waals surface area contributed by atoms with E-state index in [0.717, 1.165) is 54.4 Å². The fraction of sp³-hybridized carbons (Fsp3) is 0.444. The van der Waals surface area contributed by atoms with Crippen molar-refractivity contribution in [1.82, 2.24) is 19.3 Å². The maximum atomic E-state index is 5.96. The summed E-state index contributed by atoms with van der Waals surface area (Å²) in [6.07, 6.45) is 5.48. The first-order valence-corrected chi connectivity index (χ1v) is 9.28. The Kier molecular flexibility index (Phi) is 3.18. The molecule has 124 valence electrons. The molecule has 4 heterocycles. The lowest BCUT2D eigenvalue weighted by Gasteiger charge is -2.19. The number of rotatable bonds is 5. The van der Waals surface area contributed by atoms with Gasteiger partial charge in [0.15, 0.2) is 0 Å². The summed E-state index contributed by atoms with van der Waals surface area (Å²) in [7, 11) is 0. The number of hydrogen-bond acceptors (Lipinski definition) is 5. The van der Waals surface area contributed by atoms with Crippen molar-refractivity contribution < 1.29 is 4.74 Å². The molecule has 0 aromatic carbocycles. The van der Waals surface area contributed by atoms with Crippen LogP contribution in [0.25, 0.3) is 5.65 Å². The van der Waals surface area contributed by atoms with Crippen LogP contribution >= 0.6 is 11.3 Å². The molecule has 5 nitrogen and oxygen atoms in total. The molecule has 2 fully saturated rings. The number of fused-ring (bicyclic) bond motifs is 2. The van der Waals surface area contributed by atoms with Crippen molar-refractivity contribution >= 4 is 17.0 Å². The number of likely N-dealkylation sites (tertiary alicyclic amines) is 1. The normalized spacial score (nSPS) is 26.0. The van der Waals surface area contributed by atoms with Gasteiger partial charge in [0.05, 0.1) is 18.0 Å². The molecule has 6 heteroatoms. The van der Waals surface area contributed by atoms with Crippen LogP contribution in [0.1, 0.15) is 17.8 Å². The van der Waals surface area contributed by atoms with E-state index in [1.807, 2.05) is 24.4 Å². The Hall–Kier alpha value is -1.92. The number of imidazole rings is 1. The topological polar surface area (TPSA) is 42.7 Å². The molecule has 2 unspecified atom stereocenters. The molecular weight excluding hydrogens is 320 g/mol. The number of thiazole rings is 1. The molecule has 0 bridgehead atoms. The molecule has 1 saturated carbocycles. The number of hydrogen-bond donors (Lipinski definition) is 0. The molecule has 0 N–H and O–H groups in total. The third kappa shape index (κ3) is 2.50. The smallest absolute Gasteiger partial charge is 0.273 e. The van der Waals surface area contributed by atoms with Gasteiger partial charge in [0.2, 0.25) is 0 Å². The van der Waals surface area contributed by atoms with Crippen molar-refractivity contribution in [1.29, 1.82) is 0 Å². The van der Waals surface area contributed by atoms with Gasteiger partial charge in [-0.25, -0.2) is 9.97 Å². The van der Waals surface area contributed by atoms with Crippen LogP contribution in [0.3, 0.4) is 0 Å². The van der Waals surface area contributed by atoms with E-state index in [1.54, 1.807) is 11.3 Å². The number of aryl methyl sites for hydroxylation is 1. The van der Waals surface area contributed by atoms with Gasteiger partial charge < -0.3 is 9.14 Å². The van der Waals surface area contributed by atoms with E-state index < -0.39 is 0 Å². The van der Waals surface area contributed by atoms with E-state index in [4.69, 9.17) is 9.72 Å². The van der Waals surface area contributed by atoms with Crippen LogP contribution in [0.15, 0.2) is 36.0 Å². The Morgan fingerprint density at radius 3 is 3.17 bits per heavy atom. The Bertz CT molecular complexity index is 855. The van der Waals surface area contributed by atoms with Gasteiger partial charge >= 0.3 is 0 Å². The summed E-state index contributed by atoms with van der Waals surface area (Å²) >= 11 is 1.60. The predicted molar refractivity (Wildman–Crippen MR) is 93.4 cm³/mol. The van der Waals surface area contributed by atoms with Crippen LogP contribution in [0.5, 0.6) is 5.19 Å². The molecule has 5 rings (SSSR count). The zero-order chi connectivity index (χ0) is 16.1. The maximum absolute atomic E-state index is 5.96. The highest BCUT2D eigenvalue weighted by atomic mass is 32.1. The van der Waals surface area contributed by atoms with Gasteiger partial charge in [-0.15, -0.1) is 0 Å².